The van der Waals surface area contributed by atoms with Gasteiger partial charge in [-0.15, -0.1) is 0 Å². The Morgan fingerprint density at radius 3 is 2.12 bits per heavy atom. The summed E-state index contributed by atoms with van der Waals surface area (Å²) in [6.07, 6.45) is 1.87. The zero-order valence-corrected chi connectivity index (χ0v) is 16.5. The first-order valence-electron chi connectivity index (χ1n) is 7.35. The largest absolute Gasteiger partial charge is 1.00 e. The molecule has 0 aliphatic carbocycles. The smallest absolute Gasteiger partial charge is 0.355 e. The molecule has 2 aromatic carbocycles. The molecule has 1 heterocycles. The van der Waals surface area contributed by atoms with Crippen molar-refractivity contribution in [1.29, 1.82) is 0 Å². The maximum absolute atomic E-state index is 12.4. The Hall–Kier alpha value is -1.82. The quantitative estimate of drug-likeness (QED) is 0.481. The number of nitrogens with zero attached hydrogens (tertiary/aromatic N) is 2. The third kappa shape index (κ3) is 4.24. The van der Waals surface area contributed by atoms with E-state index >= 15 is 0 Å². The Morgan fingerprint density at radius 2 is 1.56 bits per heavy atom. The van der Waals surface area contributed by atoms with Crippen molar-refractivity contribution >= 4 is 34.9 Å². The van der Waals surface area contributed by atoms with Gasteiger partial charge in [-0.1, -0.05) is 23.2 Å². The van der Waals surface area contributed by atoms with Gasteiger partial charge in [-0.05, 0) is 48.5 Å². The van der Waals surface area contributed by atoms with Gasteiger partial charge < -0.3 is 17.0 Å². The van der Waals surface area contributed by atoms with E-state index in [4.69, 9.17) is 28.9 Å². The van der Waals surface area contributed by atoms with E-state index in [1.54, 1.807) is 28.8 Å². The number of Topliss-reactive ketones (excluding diaryl/α,β-unsaturated/α-hetero) is 1. The summed E-state index contributed by atoms with van der Waals surface area (Å²) in [5.74, 6) is 0.471. The van der Waals surface area contributed by atoms with Crippen molar-refractivity contribution in [2.75, 3.05) is 5.73 Å². The number of nitrogens with two attached hydrogens (primary N) is 1. The molecule has 0 bridgehead atoms. The maximum Gasteiger partial charge on any atom is 0.355 e. The standard InChI is InChI=1S/C18H15Cl2N3O.BrH/c1-22-16(12-2-6-14(19)7-3-12)10-23(18(22)21)11-17(24)13-4-8-15(20)9-5-13;/h2-10,21H,11H2,1H3;1H. The summed E-state index contributed by atoms with van der Waals surface area (Å²) in [6, 6.07) is 14.3. The van der Waals surface area contributed by atoms with E-state index in [-0.39, 0.29) is 29.3 Å². The Balaban J connectivity index is 0.00000225. The van der Waals surface area contributed by atoms with Crippen LogP contribution in [0.5, 0.6) is 0 Å². The first-order chi connectivity index (χ1) is 11.5. The molecular weight excluding hydrogens is 425 g/mol. The SMILES string of the molecule is Cn1c(-c2ccc(Cl)cc2)c[n+](CC(=O)c2ccc(Cl)cc2)c1N.[Br-]. The lowest BCUT2D eigenvalue weighted by Crippen LogP contribution is -3.00. The van der Waals surface area contributed by atoms with Gasteiger partial charge in [0.1, 0.15) is 18.4 Å². The van der Waals surface area contributed by atoms with E-state index in [0.717, 1.165) is 11.3 Å². The van der Waals surface area contributed by atoms with Gasteiger partial charge in [0.2, 0.25) is 0 Å². The van der Waals surface area contributed by atoms with Crippen molar-refractivity contribution in [2.45, 2.75) is 6.54 Å². The van der Waals surface area contributed by atoms with Crippen LogP contribution in [0.15, 0.2) is 54.7 Å². The fourth-order valence-corrected chi connectivity index (χ4v) is 2.77. The first-order valence-corrected chi connectivity index (χ1v) is 8.10. The summed E-state index contributed by atoms with van der Waals surface area (Å²) in [5, 5.41) is 1.27. The minimum atomic E-state index is -0.0309. The highest BCUT2D eigenvalue weighted by molar-refractivity contribution is 6.30. The van der Waals surface area contributed by atoms with Crippen molar-refractivity contribution in [3.63, 3.8) is 0 Å². The van der Waals surface area contributed by atoms with Crippen LogP contribution in [0.25, 0.3) is 11.3 Å². The highest BCUT2D eigenvalue weighted by atomic mass is 79.9. The average molecular weight is 441 g/mol. The fraction of sp³-hybridized carbons (Fsp3) is 0.111. The molecule has 0 radical (unpaired) electrons. The van der Waals surface area contributed by atoms with Crippen molar-refractivity contribution in [3.05, 3.63) is 70.3 Å². The number of carbonyl (C=O) groups is 1. The molecule has 7 heteroatoms. The highest BCUT2D eigenvalue weighted by Crippen LogP contribution is 2.22. The number of carbonyl (C=O) groups excluding carboxylic acids is 1. The number of imidazole rings is 1. The number of hydrogen-bond acceptors (Lipinski definition) is 2. The van der Waals surface area contributed by atoms with E-state index < -0.39 is 0 Å². The second-order valence-corrected chi connectivity index (χ2v) is 6.37. The number of anilines is 1. The minimum absolute atomic E-state index is 0. The molecule has 0 fully saturated rings. The predicted octanol–water partition coefficient (Wildman–Crippen LogP) is 0.755. The molecule has 3 aromatic rings. The van der Waals surface area contributed by atoms with Crippen molar-refractivity contribution < 1.29 is 26.3 Å². The van der Waals surface area contributed by atoms with Gasteiger partial charge in [0.15, 0.2) is 5.78 Å². The van der Waals surface area contributed by atoms with Crippen LogP contribution in [-0.2, 0) is 13.6 Å². The van der Waals surface area contributed by atoms with Crippen LogP contribution in [0.1, 0.15) is 10.4 Å². The molecule has 0 saturated carbocycles. The molecule has 130 valence electrons. The summed E-state index contributed by atoms with van der Waals surface area (Å²) in [5.41, 5.74) is 8.64. The lowest BCUT2D eigenvalue weighted by Gasteiger charge is -2.00. The Bertz CT molecular complexity index is 890. The number of aromatic nitrogens is 2. The highest BCUT2D eigenvalue weighted by Gasteiger charge is 2.20. The molecule has 25 heavy (non-hydrogen) atoms. The van der Waals surface area contributed by atoms with Gasteiger partial charge in [0.05, 0.1) is 7.05 Å². The van der Waals surface area contributed by atoms with Crippen LogP contribution in [0.2, 0.25) is 10.0 Å². The van der Waals surface area contributed by atoms with E-state index in [9.17, 15) is 4.79 Å². The van der Waals surface area contributed by atoms with Gasteiger partial charge in [0, 0.05) is 21.2 Å². The molecular formula is C18H16BrCl2N3O. The topological polar surface area (TPSA) is 51.9 Å². The number of rotatable bonds is 4. The van der Waals surface area contributed by atoms with Gasteiger partial charge in [-0.3, -0.25) is 10.5 Å². The van der Waals surface area contributed by atoms with Gasteiger partial charge in [-0.25, -0.2) is 9.13 Å². The molecule has 0 atom stereocenters. The molecule has 0 aliphatic heterocycles. The molecule has 1 aromatic heterocycles. The monoisotopic (exact) mass is 439 g/mol. The lowest BCUT2D eigenvalue weighted by atomic mass is 10.1. The summed E-state index contributed by atoms with van der Waals surface area (Å²) >= 11 is 11.8. The van der Waals surface area contributed by atoms with Crippen molar-refractivity contribution in [2.24, 2.45) is 7.05 Å². The summed E-state index contributed by atoms with van der Waals surface area (Å²) < 4.78 is 3.58. The first kappa shape index (κ1) is 19.5. The van der Waals surface area contributed by atoms with Crippen molar-refractivity contribution in [3.8, 4) is 11.3 Å². The number of hydrogen-bond donors (Lipinski definition) is 1. The molecule has 0 amide bonds. The normalized spacial score (nSPS) is 10.4. The zero-order valence-electron chi connectivity index (χ0n) is 13.4. The Labute approximate surface area is 166 Å². The number of nitrogen functional groups attached to an aromatic ring is 1. The molecule has 2 N–H and O–H groups in total. The molecule has 0 saturated heterocycles. The molecule has 4 nitrogen and oxygen atoms in total. The zero-order chi connectivity index (χ0) is 17.3. The maximum atomic E-state index is 12.4. The summed E-state index contributed by atoms with van der Waals surface area (Å²) in [7, 11) is 1.86. The van der Waals surface area contributed by atoms with E-state index in [0.29, 0.717) is 21.6 Å². The third-order valence-electron chi connectivity index (χ3n) is 3.90. The van der Waals surface area contributed by atoms with Crippen LogP contribution in [0.4, 0.5) is 5.95 Å². The molecule has 0 aliphatic rings. The van der Waals surface area contributed by atoms with Gasteiger partial charge >= 0.3 is 5.95 Å². The Kier molecular flexibility index (Phi) is 6.27. The van der Waals surface area contributed by atoms with Gasteiger partial charge in [-0.2, -0.15) is 0 Å². The molecule has 3 rings (SSSR count). The summed E-state index contributed by atoms with van der Waals surface area (Å²) in [4.78, 5) is 12.4. The predicted molar refractivity (Wildman–Crippen MR) is 96.2 cm³/mol. The van der Waals surface area contributed by atoms with Gasteiger partial charge in [0.25, 0.3) is 0 Å². The summed E-state index contributed by atoms with van der Waals surface area (Å²) in [6.45, 7) is 0.162. The van der Waals surface area contributed by atoms with E-state index in [2.05, 4.69) is 0 Å². The van der Waals surface area contributed by atoms with Crippen LogP contribution in [0.3, 0.4) is 0 Å². The molecule has 0 spiro atoms. The third-order valence-corrected chi connectivity index (χ3v) is 4.40. The Morgan fingerprint density at radius 1 is 1.04 bits per heavy atom. The number of ketones is 1. The second-order valence-electron chi connectivity index (χ2n) is 5.50. The van der Waals surface area contributed by atoms with Crippen LogP contribution in [-0.4, -0.2) is 10.4 Å². The van der Waals surface area contributed by atoms with Crippen LogP contribution < -0.4 is 27.3 Å². The average Bonchev–Trinajstić information content (AvgIpc) is 2.85. The fourth-order valence-electron chi connectivity index (χ4n) is 2.51. The minimum Gasteiger partial charge on any atom is -1.00 e. The number of benzene rings is 2. The van der Waals surface area contributed by atoms with E-state index in [1.807, 2.05) is 42.1 Å². The van der Waals surface area contributed by atoms with Crippen molar-refractivity contribution in [1.82, 2.24) is 4.57 Å². The second kappa shape index (κ2) is 8.04. The number of halogens is 3. The van der Waals surface area contributed by atoms with Crippen LogP contribution >= 0.6 is 23.2 Å². The lowest BCUT2D eigenvalue weighted by molar-refractivity contribution is -0.667. The molecule has 0 unspecified atom stereocenters. The van der Waals surface area contributed by atoms with E-state index in [1.165, 1.54) is 0 Å². The van der Waals surface area contributed by atoms with Crippen LogP contribution in [0, 0.1) is 0 Å².